The van der Waals surface area contributed by atoms with Crippen molar-refractivity contribution < 1.29 is 13.9 Å². The number of rotatable bonds is 6. The second kappa shape index (κ2) is 9.06. The minimum atomic E-state index is -0.615. The summed E-state index contributed by atoms with van der Waals surface area (Å²) >= 11 is 0. The third-order valence-corrected chi connectivity index (χ3v) is 6.66. The molecule has 1 amide bonds. The van der Waals surface area contributed by atoms with E-state index in [0.717, 1.165) is 23.1 Å². The minimum Gasteiger partial charge on any atom is -0.494 e. The molecule has 35 heavy (non-hydrogen) atoms. The lowest BCUT2D eigenvalue weighted by Gasteiger charge is -2.25. The fourth-order valence-corrected chi connectivity index (χ4v) is 4.59. The molecule has 4 aromatic rings. The Morgan fingerprint density at radius 1 is 0.943 bits per heavy atom. The van der Waals surface area contributed by atoms with Crippen LogP contribution in [0, 0.1) is 19.8 Å². The molecule has 0 saturated carbocycles. The number of para-hydroxylation sites is 1. The van der Waals surface area contributed by atoms with E-state index in [1.165, 1.54) is 0 Å². The highest BCUT2D eigenvalue weighted by Crippen LogP contribution is 2.42. The lowest BCUT2D eigenvalue weighted by molar-refractivity contribution is 0.0971. The van der Waals surface area contributed by atoms with Gasteiger partial charge >= 0.3 is 0 Å². The molecule has 5 nitrogen and oxygen atoms in total. The smallest absolute Gasteiger partial charge is 0.295 e. The Labute approximate surface area is 205 Å². The molecule has 0 radical (unpaired) electrons. The highest BCUT2D eigenvalue weighted by atomic mass is 16.5. The van der Waals surface area contributed by atoms with Crippen molar-refractivity contribution in [3.8, 4) is 5.75 Å². The van der Waals surface area contributed by atoms with Crippen LogP contribution >= 0.6 is 0 Å². The molecular formula is C30H29NO4. The largest absolute Gasteiger partial charge is 0.494 e. The van der Waals surface area contributed by atoms with Crippen LogP contribution < -0.4 is 15.1 Å². The van der Waals surface area contributed by atoms with Crippen molar-refractivity contribution in [3.63, 3.8) is 0 Å². The summed E-state index contributed by atoms with van der Waals surface area (Å²) in [6.07, 6.45) is 0.944. The van der Waals surface area contributed by atoms with Crippen LogP contribution in [0.15, 0.2) is 75.9 Å². The number of carbonyl (C=O) groups excluding carboxylic acids is 1. The van der Waals surface area contributed by atoms with Crippen LogP contribution in [0.3, 0.4) is 0 Å². The van der Waals surface area contributed by atoms with Gasteiger partial charge in [-0.05, 0) is 79.3 Å². The van der Waals surface area contributed by atoms with Crippen LogP contribution in [-0.2, 0) is 0 Å². The Balaban J connectivity index is 1.69. The summed E-state index contributed by atoms with van der Waals surface area (Å²) in [5.74, 6) is 1.04. The van der Waals surface area contributed by atoms with Crippen molar-refractivity contribution in [2.24, 2.45) is 5.92 Å². The van der Waals surface area contributed by atoms with Crippen molar-refractivity contribution in [1.82, 2.24) is 0 Å². The van der Waals surface area contributed by atoms with Crippen LogP contribution in [-0.4, -0.2) is 12.5 Å². The van der Waals surface area contributed by atoms with Crippen LogP contribution in [0.4, 0.5) is 5.69 Å². The van der Waals surface area contributed by atoms with Gasteiger partial charge in [-0.3, -0.25) is 14.5 Å². The molecule has 0 saturated heterocycles. The number of benzene rings is 3. The lowest BCUT2D eigenvalue weighted by atomic mass is 9.97. The molecular weight excluding hydrogens is 438 g/mol. The molecule has 2 heterocycles. The Bertz CT molecular complexity index is 1470. The van der Waals surface area contributed by atoms with Crippen molar-refractivity contribution in [2.75, 3.05) is 11.5 Å². The Hall–Kier alpha value is -3.86. The summed E-state index contributed by atoms with van der Waals surface area (Å²) in [6, 6.07) is 20.2. The summed E-state index contributed by atoms with van der Waals surface area (Å²) < 4.78 is 12.1. The van der Waals surface area contributed by atoms with Gasteiger partial charge in [0.25, 0.3) is 5.91 Å². The van der Waals surface area contributed by atoms with Gasteiger partial charge < -0.3 is 9.15 Å². The van der Waals surface area contributed by atoms with E-state index in [0.29, 0.717) is 40.5 Å². The fourth-order valence-electron chi connectivity index (χ4n) is 4.59. The molecule has 5 heteroatoms. The predicted octanol–water partition coefficient (Wildman–Crippen LogP) is 6.58. The third-order valence-electron chi connectivity index (χ3n) is 6.66. The average molecular weight is 468 g/mol. The first kappa shape index (κ1) is 22.9. The third kappa shape index (κ3) is 4.12. The number of carbonyl (C=O) groups is 1. The number of amides is 1. The summed E-state index contributed by atoms with van der Waals surface area (Å²) in [7, 11) is 0. The maximum Gasteiger partial charge on any atom is 0.295 e. The van der Waals surface area contributed by atoms with E-state index in [4.69, 9.17) is 9.15 Å². The molecule has 178 valence electrons. The van der Waals surface area contributed by atoms with Crippen molar-refractivity contribution in [1.29, 1.82) is 0 Å². The zero-order valence-corrected chi connectivity index (χ0v) is 20.5. The fraction of sp³-hybridized carbons (Fsp3) is 0.267. The quantitative estimate of drug-likeness (QED) is 0.321. The van der Waals surface area contributed by atoms with E-state index in [1.807, 2.05) is 80.6 Å². The van der Waals surface area contributed by atoms with Gasteiger partial charge in [-0.1, -0.05) is 44.2 Å². The monoisotopic (exact) mass is 467 g/mol. The van der Waals surface area contributed by atoms with E-state index in [9.17, 15) is 9.59 Å². The molecule has 1 aliphatic heterocycles. The maximum absolute atomic E-state index is 13.9. The highest BCUT2D eigenvalue weighted by Gasteiger charge is 2.43. The highest BCUT2D eigenvalue weighted by molar-refractivity contribution is 6.10. The molecule has 1 unspecified atom stereocenters. The molecule has 1 aromatic heterocycles. The SMILES string of the molecule is Cc1cc2oc3c(c(=O)c2cc1C)C(c1cccc(OCCC(C)C)c1)N(c1ccccc1)C3=O. The maximum atomic E-state index is 13.9. The molecule has 0 spiro atoms. The number of fused-ring (bicyclic) bond motifs is 2. The second-order valence-electron chi connectivity index (χ2n) is 9.62. The van der Waals surface area contributed by atoms with Gasteiger partial charge in [-0.2, -0.15) is 0 Å². The minimum absolute atomic E-state index is 0.103. The molecule has 0 fully saturated rings. The molecule has 0 bridgehead atoms. The Morgan fingerprint density at radius 3 is 2.43 bits per heavy atom. The van der Waals surface area contributed by atoms with Gasteiger partial charge in [0.2, 0.25) is 5.76 Å². The van der Waals surface area contributed by atoms with Crippen LogP contribution in [0.25, 0.3) is 11.0 Å². The summed E-state index contributed by atoms with van der Waals surface area (Å²) in [5, 5.41) is 0.490. The first-order valence-corrected chi connectivity index (χ1v) is 12.0. The molecule has 1 atom stereocenters. The lowest BCUT2D eigenvalue weighted by Crippen LogP contribution is -2.29. The normalized spacial score (nSPS) is 15.2. The number of hydrogen-bond donors (Lipinski definition) is 0. The van der Waals surface area contributed by atoms with Crippen LogP contribution in [0.1, 0.15) is 59.1 Å². The van der Waals surface area contributed by atoms with Crippen molar-refractivity contribution in [3.05, 3.63) is 105 Å². The summed E-state index contributed by atoms with van der Waals surface area (Å²) in [6.45, 7) is 8.86. The average Bonchev–Trinajstić information content (AvgIpc) is 3.13. The first-order valence-electron chi connectivity index (χ1n) is 12.0. The zero-order chi connectivity index (χ0) is 24.7. The predicted molar refractivity (Wildman–Crippen MR) is 138 cm³/mol. The van der Waals surface area contributed by atoms with Crippen LogP contribution in [0.2, 0.25) is 0 Å². The molecule has 0 aliphatic carbocycles. The molecule has 5 rings (SSSR count). The Morgan fingerprint density at radius 2 is 1.69 bits per heavy atom. The summed E-state index contributed by atoms with van der Waals surface area (Å²) in [5.41, 5.74) is 4.15. The number of nitrogens with zero attached hydrogens (tertiary/aromatic N) is 1. The van der Waals surface area contributed by atoms with E-state index in [1.54, 1.807) is 4.90 Å². The van der Waals surface area contributed by atoms with Crippen molar-refractivity contribution >= 4 is 22.6 Å². The topological polar surface area (TPSA) is 59.8 Å². The molecule has 1 aliphatic rings. The number of anilines is 1. The number of aryl methyl sites for hydroxylation is 2. The van der Waals surface area contributed by atoms with E-state index in [-0.39, 0.29) is 17.1 Å². The van der Waals surface area contributed by atoms with Crippen LogP contribution in [0.5, 0.6) is 5.75 Å². The van der Waals surface area contributed by atoms with Gasteiger partial charge in [0.1, 0.15) is 11.3 Å². The number of ether oxygens (including phenoxy) is 1. The first-order chi connectivity index (χ1) is 16.8. The summed E-state index contributed by atoms with van der Waals surface area (Å²) in [4.78, 5) is 29.2. The van der Waals surface area contributed by atoms with Gasteiger partial charge in [0, 0.05) is 5.69 Å². The Kier molecular flexibility index (Phi) is 5.93. The van der Waals surface area contributed by atoms with Gasteiger partial charge in [-0.15, -0.1) is 0 Å². The molecule has 0 N–H and O–H groups in total. The zero-order valence-electron chi connectivity index (χ0n) is 20.5. The van der Waals surface area contributed by atoms with Crippen molar-refractivity contribution in [2.45, 2.75) is 40.2 Å². The van der Waals surface area contributed by atoms with Gasteiger partial charge in [-0.25, -0.2) is 0 Å². The standard InChI is InChI=1S/C30H29NO4/c1-18(2)13-14-34-23-12-8-9-21(17-23)27-26-28(32)24-15-19(3)20(4)16-25(24)35-29(26)30(33)31(27)22-10-6-5-7-11-22/h5-12,15-18,27H,13-14H2,1-4H3. The van der Waals surface area contributed by atoms with E-state index >= 15 is 0 Å². The second-order valence-corrected chi connectivity index (χ2v) is 9.62. The van der Waals surface area contributed by atoms with Gasteiger partial charge in [0.05, 0.1) is 23.6 Å². The van der Waals surface area contributed by atoms with E-state index < -0.39 is 6.04 Å². The van der Waals surface area contributed by atoms with E-state index in [2.05, 4.69) is 13.8 Å². The molecule has 3 aromatic carbocycles. The van der Waals surface area contributed by atoms with Gasteiger partial charge in [0.15, 0.2) is 5.43 Å². The number of hydrogen-bond acceptors (Lipinski definition) is 4.